The molecule has 1 aromatic carbocycles. The summed E-state index contributed by atoms with van der Waals surface area (Å²) in [6, 6.07) is 8.58. The summed E-state index contributed by atoms with van der Waals surface area (Å²) < 4.78 is 0. The van der Waals surface area contributed by atoms with E-state index in [1.54, 1.807) is 0 Å². The van der Waals surface area contributed by atoms with Gasteiger partial charge >= 0.3 is 5.97 Å². The fraction of sp³-hybridized carbons (Fsp3) is 0.300. The molecule has 0 aromatic heterocycles. The first-order valence-corrected chi connectivity index (χ1v) is 4.16. The van der Waals surface area contributed by atoms with E-state index >= 15 is 0 Å². The molecule has 0 spiro atoms. The molecule has 0 saturated carbocycles. The van der Waals surface area contributed by atoms with E-state index in [0.717, 1.165) is 5.56 Å². The molecule has 0 radical (unpaired) electrons. The van der Waals surface area contributed by atoms with Crippen LogP contribution in [0.4, 0.5) is 0 Å². The van der Waals surface area contributed by atoms with Gasteiger partial charge in [0.15, 0.2) is 0 Å². The summed E-state index contributed by atoms with van der Waals surface area (Å²) >= 11 is 0. The van der Waals surface area contributed by atoms with Gasteiger partial charge in [-0.3, -0.25) is 4.79 Å². The minimum atomic E-state index is -0.962. The summed E-state index contributed by atoms with van der Waals surface area (Å²) in [4.78, 5) is 10.6. The molecular weight excluding hydrogens is 202 g/mol. The van der Waals surface area contributed by atoms with Gasteiger partial charge in [-0.15, -0.1) is 12.4 Å². The van der Waals surface area contributed by atoms with Crippen LogP contribution >= 0.6 is 12.4 Å². The van der Waals surface area contributed by atoms with Crippen molar-refractivity contribution in [3.63, 3.8) is 0 Å². The zero-order valence-electron chi connectivity index (χ0n) is 7.88. The highest BCUT2D eigenvalue weighted by Gasteiger charge is 2.20. The Kier molecular flexibility index (Phi) is 5.20. The number of halogens is 1. The lowest BCUT2D eigenvalue weighted by Crippen LogP contribution is -2.35. The second kappa shape index (κ2) is 5.62. The molecule has 1 rings (SSSR count). The first-order valence-electron chi connectivity index (χ1n) is 4.16. The molecule has 1 unspecified atom stereocenters. The standard InChI is InChI=1S/C10H13NO2.ClH/c1-7(9(11)10(12)13)8-5-3-2-4-6-8;/h2-7,9H,11H2,1H3,(H,12,13);1H/t7?,9-;/m0./s1. The molecule has 0 aliphatic rings. The van der Waals surface area contributed by atoms with E-state index in [-0.39, 0.29) is 18.3 Å². The van der Waals surface area contributed by atoms with Crippen LogP contribution in [-0.4, -0.2) is 17.1 Å². The normalized spacial score (nSPS) is 13.9. The van der Waals surface area contributed by atoms with Crippen molar-refractivity contribution in [1.82, 2.24) is 0 Å². The van der Waals surface area contributed by atoms with Gasteiger partial charge in [-0.1, -0.05) is 37.3 Å². The Morgan fingerprint density at radius 2 is 1.86 bits per heavy atom. The van der Waals surface area contributed by atoms with E-state index in [9.17, 15) is 4.79 Å². The quantitative estimate of drug-likeness (QED) is 0.806. The van der Waals surface area contributed by atoms with Crippen LogP contribution < -0.4 is 5.73 Å². The van der Waals surface area contributed by atoms with Crippen LogP contribution in [0.5, 0.6) is 0 Å². The molecule has 0 aliphatic heterocycles. The van der Waals surface area contributed by atoms with Gasteiger partial charge in [0, 0.05) is 5.92 Å². The van der Waals surface area contributed by atoms with E-state index in [1.807, 2.05) is 37.3 Å². The van der Waals surface area contributed by atoms with Crippen LogP contribution in [0.15, 0.2) is 30.3 Å². The summed E-state index contributed by atoms with van der Waals surface area (Å²) in [5.41, 5.74) is 6.45. The predicted octanol–water partition coefficient (Wildman–Crippen LogP) is 1.62. The third-order valence-corrected chi connectivity index (χ3v) is 2.15. The molecule has 0 bridgehead atoms. The molecule has 0 aliphatic carbocycles. The summed E-state index contributed by atoms with van der Waals surface area (Å²) in [6.07, 6.45) is 0. The number of carboxylic acids is 1. The number of carboxylic acid groups (broad SMARTS) is 1. The van der Waals surface area contributed by atoms with Gasteiger partial charge in [-0.25, -0.2) is 0 Å². The zero-order chi connectivity index (χ0) is 9.84. The van der Waals surface area contributed by atoms with Gasteiger partial charge in [0.05, 0.1) is 0 Å². The fourth-order valence-corrected chi connectivity index (χ4v) is 1.18. The molecule has 0 amide bonds. The van der Waals surface area contributed by atoms with Crippen LogP contribution in [0.2, 0.25) is 0 Å². The highest BCUT2D eigenvalue weighted by atomic mass is 35.5. The van der Waals surface area contributed by atoms with Crippen LogP contribution in [-0.2, 0) is 4.79 Å². The lowest BCUT2D eigenvalue weighted by atomic mass is 9.94. The van der Waals surface area contributed by atoms with E-state index < -0.39 is 12.0 Å². The smallest absolute Gasteiger partial charge is 0.321 e. The number of benzene rings is 1. The minimum Gasteiger partial charge on any atom is -0.480 e. The van der Waals surface area contributed by atoms with Crippen molar-refractivity contribution >= 4 is 18.4 Å². The van der Waals surface area contributed by atoms with Crippen molar-refractivity contribution in [2.24, 2.45) is 5.73 Å². The average Bonchev–Trinajstić information content (AvgIpc) is 2.17. The van der Waals surface area contributed by atoms with E-state index in [0.29, 0.717) is 0 Å². The molecule has 78 valence electrons. The molecule has 3 N–H and O–H groups in total. The Hall–Kier alpha value is -1.06. The monoisotopic (exact) mass is 215 g/mol. The van der Waals surface area contributed by atoms with Gasteiger partial charge in [0.2, 0.25) is 0 Å². The van der Waals surface area contributed by atoms with Gasteiger partial charge in [0.1, 0.15) is 6.04 Å². The molecule has 1 aromatic rings. The third kappa shape index (κ3) is 3.01. The van der Waals surface area contributed by atoms with Crippen LogP contribution in [0.25, 0.3) is 0 Å². The second-order valence-electron chi connectivity index (χ2n) is 3.06. The molecule has 3 nitrogen and oxygen atoms in total. The lowest BCUT2D eigenvalue weighted by molar-refractivity contribution is -0.139. The van der Waals surface area contributed by atoms with Crippen molar-refractivity contribution < 1.29 is 9.90 Å². The molecule has 14 heavy (non-hydrogen) atoms. The van der Waals surface area contributed by atoms with Crippen molar-refractivity contribution in [3.05, 3.63) is 35.9 Å². The molecule has 0 fully saturated rings. The molecule has 4 heteroatoms. The Morgan fingerprint density at radius 3 is 2.29 bits per heavy atom. The Labute approximate surface area is 89.3 Å². The number of aliphatic carboxylic acids is 1. The highest BCUT2D eigenvalue weighted by molar-refractivity contribution is 5.85. The van der Waals surface area contributed by atoms with Crippen molar-refractivity contribution in [3.8, 4) is 0 Å². The molecule has 2 atom stereocenters. The van der Waals surface area contributed by atoms with Gasteiger partial charge in [0.25, 0.3) is 0 Å². The van der Waals surface area contributed by atoms with Crippen LogP contribution in [0, 0.1) is 0 Å². The zero-order valence-corrected chi connectivity index (χ0v) is 8.70. The van der Waals surface area contributed by atoms with E-state index in [4.69, 9.17) is 10.8 Å². The van der Waals surface area contributed by atoms with E-state index in [2.05, 4.69) is 0 Å². The van der Waals surface area contributed by atoms with Crippen molar-refractivity contribution in [2.75, 3.05) is 0 Å². The second-order valence-corrected chi connectivity index (χ2v) is 3.06. The lowest BCUT2D eigenvalue weighted by Gasteiger charge is -2.15. The number of rotatable bonds is 3. The minimum absolute atomic E-state index is 0. The first-order chi connectivity index (χ1) is 6.13. The van der Waals surface area contributed by atoms with Gasteiger partial charge < -0.3 is 10.8 Å². The average molecular weight is 216 g/mol. The highest BCUT2D eigenvalue weighted by Crippen LogP contribution is 2.17. The largest absolute Gasteiger partial charge is 0.480 e. The number of nitrogens with two attached hydrogens (primary N) is 1. The number of hydrogen-bond donors (Lipinski definition) is 2. The first kappa shape index (κ1) is 12.9. The van der Waals surface area contributed by atoms with Crippen molar-refractivity contribution in [1.29, 1.82) is 0 Å². The Bertz CT molecular complexity index is 289. The van der Waals surface area contributed by atoms with Crippen LogP contribution in [0.1, 0.15) is 18.4 Å². The Balaban J connectivity index is 0.00000169. The predicted molar refractivity (Wildman–Crippen MR) is 57.7 cm³/mol. The SMILES string of the molecule is CC(c1ccccc1)[C@H](N)C(=O)O.Cl. The summed E-state index contributed by atoms with van der Waals surface area (Å²) in [5, 5.41) is 8.69. The maximum atomic E-state index is 10.6. The topological polar surface area (TPSA) is 63.3 Å². The van der Waals surface area contributed by atoms with Gasteiger partial charge in [-0.2, -0.15) is 0 Å². The molecular formula is C10H14ClNO2. The molecule has 0 saturated heterocycles. The van der Waals surface area contributed by atoms with Gasteiger partial charge in [-0.05, 0) is 5.56 Å². The number of hydrogen-bond acceptors (Lipinski definition) is 2. The van der Waals surface area contributed by atoms with Crippen LogP contribution in [0.3, 0.4) is 0 Å². The summed E-state index contributed by atoms with van der Waals surface area (Å²) in [7, 11) is 0. The summed E-state index contributed by atoms with van der Waals surface area (Å²) in [5.74, 6) is -1.12. The fourth-order valence-electron chi connectivity index (χ4n) is 1.18. The molecule has 0 heterocycles. The maximum absolute atomic E-state index is 10.6. The third-order valence-electron chi connectivity index (χ3n) is 2.15. The number of carbonyl (C=O) groups is 1. The Morgan fingerprint density at radius 1 is 1.36 bits per heavy atom. The summed E-state index contributed by atoms with van der Waals surface area (Å²) in [6.45, 7) is 1.81. The maximum Gasteiger partial charge on any atom is 0.321 e. The van der Waals surface area contributed by atoms with E-state index in [1.165, 1.54) is 0 Å². The van der Waals surface area contributed by atoms with Crippen molar-refractivity contribution in [2.45, 2.75) is 18.9 Å².